The van der Waals surface area contributed by atoms with Gasteiger partial charge < -0.3 is 15.4 Å². The van der Waals surface area contributed by atoms with E-state index in [0.717, 1.165) is 0 Å². The van der Waals surface area contributed by atoms with Crippen LogP contribution in [-0.4, -0.2) is 19.0 Å². The lowest BCUT2D eigenvalue weighted by Gasteiger charge is -2.04. The lowest BCUT2D eigenvalue weighted by Crippen LogP contribution is -2.06. The average Bonchev–Trinajstić information content (AvgIpc) is 2.40. The molecule has 2 N–H and O–H groups in total. The number of esters is 1. The number of carbonyl (C=O) groups excluding carboxylic acids is 2. The van der Waals surface area contributed by atoms with Gasteiger partial charge in [0.05, 0.1) is 7.11 Å². The Morgan fingerprint density at radius 1 is 1.26 bits per heavy atom. The monoisotopic (exact) mass is 259 g/mol. The van der Waals surface area contributed by atoms with E-state index in [4.69, 9.17) is 5.26 Å². The highest BCUT2D eigenvalue weighted by atomic mass is 16.5. The summed E-state index contributed by atoms with van der Waals surface area (Å²) in [6, 6.07) is 8.52. The third-order valence-electron chi connectivity index (χ3n) is 2.11. The van der Waals surface area contributed by atoms with E-state index in [1.54, 1.807) is 30.3 Å². The molecular formula is C13H13N3O3. The van der Waals surface area contributed by atoms with Crippen molar-refractivity contribution in [3.05, 3.63) is 36.0 Å². The summed E-state index contributed by atoms with van der Waals surface area (Å²) >= 11 is 0. The first-order valence-corrected chi connectivity index (χ1v) is 5.39. The van der Waals surface area contributed by atoms with Crippen LogP contribution in [0.4, 0.5) is 11.4 Å². The molecule has 0 aliphatic rings. The van der Waals surface area contributed by atoms with E-state index in [1.165, 1.54) is 20.2 Å². The quantitative estimate of drug-likeness (QED) is 0.487. The zero-order valence-electron chi connectivity index (χ0n) is 10.6. The summed E-state index contributed by atoms with van der Waals surface area (Å²) in [5.74, 6) is -0.858. The summed E-state index contributed by atoms with van der Waals surface area (Å²) in [5.41, 5.74) is 1.20. The molecule has 0 aliphatic heterocycles. The predicted octanol–water partition coefficient (Wildman–Crippen LogP) is 1.64. The zero-order valence-corrected chi connectivity index (χ0v) is 10.6. The molecule has 0 fully saturated rings. The molecule has 0 aromatic heterocycles. The van der Waals surface area contributed by atoms with Gasteiger partial charge in [-0.2, -0.15) is 5.26 Å². The highest BCUT2D eigenvalue weighted by molar-refractivity contribution is 5.93. The minimum Gasteiger partial charge on any atom is -0.465 e. The van der Waals surface area contributed by atoms with Gasteiger partial charge in [0.1, 0.15) is 6.07 Å². The van der Waals surface area contributed by atoms with Gasteiger partial charge in [-0.05, 0) is 24.3 Å². The van der Waals surface area contributed by atoms with Crippen molar-refractivity contribution in [2.75, 3.05) is 17.7 Å². The number of ether oxygens (including phenoxy) is 1. The van der Waals surface area contributed by atoms with Crippen LogP contribution in [0.5, 0.6) is 0 Å². The molecule has 0 aliphatic carbocycles. The van der Waals surface area contributed by atoms with Crippen molar-refractivity contribution in [1.82, 2.24) is 0 Å². The fourth-order valence-electron chi connectivity index (χ4n) is 1.26. The van der Waals surface area contributed by atoms with E-state index in [2.05, 4.69) is 15.4 Å². The third-order valence-corrected chi connectivity index (χ3v) is 2.11. The average molecular weight is 259 g/mol. The molecule has 0 heterocycles. The minimum atomic E-state index is -0.704. The summed E-state index contributed by atoms with van der Waals surface area (Å²) in [4.78, 5) is 22.0. The number of anilines is 2. The van der Waals surface area contributed by atoms with Gasteiger partial charge >= 0.3 is 5.97 Å². The summed E-state index contributed by atoms with van der Waals surface area (Å²) in [6.45, 7) is 1.42. The molecule has 0 saturated heterocycles. The maximum absolute atomic E-state index is 11.1. The van der Waals surface area contributed by atoms with Gasteiger partial charge in [-0.15, -0.1) is 0 Å². The number of carbonyl (C=O) groups is 2. The molecule has 1 amide bonds. The SMILES string of the molecule is COC(=O)/C(C#N)=C/Nc1ccc(NC(C)=O)cc1. The number of rotatable bonds is 4. The van der Waals surface area contributed by atoms with Gasteiger partial charge in [0.25, 0.3) is 0 Å². The first kappa shape index (κ1) is 14.3. The smallest absolute Gasteiger partial charge is 0.350 e. The second-order valence-electron chi connectivity index (χ2n) is 3.56. The molecule has 0 unspecified atom stereocenters. The molecule has 0 saturated carbocycles. The van der Waals surface area contributed by atoms with E-state index >= 15 is 0 Å². The normalized spacial score (nSPS) is 10.3. The standard InChI is InChI=1S/C13H13N3O3/c1-9(17)16-12-5-3-11(4-6-12)15-8-10(7-14)13(18)19-2/h3-6,8,15H,1-2H3,(H,16,17)/b10-8+. The molecule has 0 bridgehead atoms. The molecule has 0 atom stereocenters. The van der Waals surface area contributed by atoms with Crippen LogP contribution in [0.2, 0.25) is 0 Å². The largest absolute Gasteiger partial charge is 0.465 e. The topological polar surface area (TPSA) is 91.2 Å². The predicted molar refractivity (Wildman–Crippen MR) is 70.1 cm³/mol. The number of amides is 1. The first-order chi connectivity index (χ1) is 9.06. The lowest BCUT2D eigenvalue weighted by atomic mass is 10.2. The summed E-state index contributed by atoms with van der Waals surface area (Å²) in [6.07, 6.45) is 1.26. The number of nitrogens with zero attached hydrogens (tertiary/aromatic N) is 1. The van der Waals surface area contributed by atoms with E-state index in [9.17, 15) is 9.59 Å². The molecule has 6 heteroatoms. The summed E-state index contributed by atoms with van der Waals surface area (Å²) in [7, 11) is 1.20. The van der Waals surface area contributed by atoms with Gasteiger partial charge in [-0.25, -0.2) is 4.79 Å². The highest BCUT2D eigenvalue weighted by Gasteiger charge is 2.07. The Kier molecular flexibility index (Phi) is 5.11. The molecule has 0 radical (unpaired) electrons. The second-order valence-corrected chi connectivity index (χ2v) is 3.56. The summed E-state index contributed by atoms with van der Waals surface area (Å²) < 4.78 is 4.44. The van der Waals surface area contributed by atoms with Crippen molar-refractivity contribution in [1.29, 1.82) is 5.26 Å². The van der Waals surface area contributed by atoms with Crippen LogP contribution in [0.1, 0.15) is 6.92 Å². The molecule has 6 nitrogen and oxygen atoms in total. The Balaban J connectivity index is 2.73. The maximum Gasteiger partial charge on any atom is 0.350 e. The van der Waals surface area contributed by atoms with Crippen molar-refractivity contribution in [3.63, 3.8) is 0 Å². The molecule has 0 spiro atoms. The van der Waals surface area contributed by atoms with Crippen LogP contribution in [0.25, 0.3) is 0 Å². The van der Waals surface area contributed by atoms with Crippen molar-refractivity contribution in [3.8, 4) is 6.07 Å². The van der Waals surface area contributed by atoms with E-state index in [1.807, 2.05) is 0 Å². The van der Waals surface area contributed by atoms with Gasteiger partial charge in [-0.3, -0.25) is 4.79 Å². The fourth-order valence-corrected chi connectivity index (χ4v) is 1.26. The second kappa shape index (κ2) is 6.81. The molecule has 19 heavy (non-hydrogen) atoms. The maximum atomic E-state index is 11.1. The molecule has 1 aromatic rings. The van der Waals surface area contributed by atoms with Crippen LogP contribution in [0.3, 0.4) is 0 Å². The van der Waals surface area contributed by atoms with Crippen LogP contribution in [0.15, 0.2) is 36.0 Å². The molecule has 1 rings (SSSR count). The molecule has 98 valence electrons. The Hall–Kier alpha value is -2.81. The first-order valence-electron chi connectivity index (χ1n) is 5.39. The Morgan fingerprint density at radius 2 is 1.84 bits per heavy atom. The van der Waals surface area contributed by atoms with Crippen molar-refractivity contribution >= 4 is 23.3 Å². The van der Waals surface area contributed by atoms with Crippen molar-refractivity contribution in [2.24, 2.45) is 0 Å². The Morgan fingerprint density at radius 3 is 2.32 bits per heavy atom. The van der Waals surface area contributed by atoms with Gasteiger partial charge in [0, 0.05) is 24.5 Å². The number of hydrogen-bond acceptors (Lipinski definition) is 5. The highest BCUT2D eigenvalue weighted by Crippen LogP contribution is 2.13. The van der Waals surface area contributed by atoms with E-state index < -0.39 is 5.97 Å². The zero-order chi connectivity index (χ0) is 14.3. The molecular weight excluding hydrogens is 246 g/mol. The van der Waals surface area contributed by atoms with Gasteiger partial charge in [-0.1, -0.05) is 0 Å². The number of methoxy groups -OCH3 is 1. The Labute approximate surface area is 110 Å². The van der Waals surface area contributed by atoms with Crippen LogP contribution < -0.4 is 10.6 Å². The van der Waals surface area contributed by atoms with Crippen LogP contribution in [-0.2, 0) is 14.3 Å². The number of benzene rings is 1. The van der Waals surface area contributed by atoms with E-state index in [-0.39, 0.29) is 11.5 Å². The van der Waals surface area contributed by atoms with Gasteiger partial charge in [0.15, 0.2) is 5.57 Å². The third kappa shape index (κ3) is 4.52. The molecule has 1 aromatic carbocycles. The van der Waals surface area contributed by atoms with E-state index in [0.29, 0.717) is 11.4 Å². The number of hydrogen-bond donors (Lipinski definition) is 2. The number of nitriles is 1. The van der Waals surface area contributed by atoms with Crippen molar-refractivity contribution < 1.29 is 14.3 Å². The fraction of sp³-hybridized carbons (Fsp3) is 0.154. The number of nitrogens with one attached hydrogen (secondary N) is 2. The van der Waals surface area contributed by atoms with Crippen LogP contribution >= 0.6 is 0 Å². The lowest BCUT2D eigenvalue weighted by molar-refractivity contribution is -0.135. The van der Waals surface area contributed by atoms with Gasteiger partial charge in [0.2, 0.25) is 5.91 Å². The Bertz CT molecular complexity index is 541. The minimum absolute atomic E-state index is 0.131. The van der Waals surface area contributed by atoms with Crippen molar-refractivity contribution in [2.45, 2.75) is 6.92 Å². The summed E-state index contributed by atoms with van der Waals surface area (Å²) in [5, 5.41) is 14.2. The van der Waals surface area contributed by atoms with Crippen LogP contribution in [0, 0.1) is 11.3 Å².